The van der Waals surface area contributed by atoms with Gasteiger partial charge in [-0.1, -0.05) is 25.4 Å². The van der Waals surface area contributed by atoms with Gasteiger partial charge in [-0.25, -0.2) is 9.67 Å². The average Bonchev–Trinajstić information content (AvgIpc) is 2.83. The first-order chi connectivity index (χ1) is 9.60. The predicted molar refractivity (Wildman–Crippen MR) is 80.2 cm³/mol. The summed E-state index contributed by atoms with van der Waals surface area (Å²) in [5.41, 5.74) is 0.870. The molecule has 1 heterocycles. The minimum absolute atomic E-state index is 0.356. The van der Waals surface area contributed by atoms with E-state index in [1.807, 2.05) is 16.8 Å². The molecular weight excluding hydrogens is 297 g/mol. The van der Waals surface area contributed by atoms with Crippen molar-refractivity contribution in [3.05, 3.63) is 40.9 Å². The van der Waals surface area contributed by atoms with Gasteiger partial charge in [0.2, 0.25) is 0 Å². The van der Waals surface area contributed by atoms with Crippen molar-refractivity contribution in [2.75, 3.05) is 0 Å². The van der Waals surface area contributed by atoms with Crippen LogP contribution in [0.25, 0.3) is 0 Å². The summed E-state index contributed by atoms with van der Waals surface area (Å²) < 4.78 is 7.65. The van der Waals surface area contributed by atoms with Crippen molar-refractivity contribution >= 4 is 23.2 Å². The van der Waals surface area contributed by atoms with Gasteiger partial charge >= 0.3 is 0 Å². The summed E-state index contributed by atoms with van der Waals surface area (Å²) in [6.45, 7) is 5.45. The van der Waals surface area contributed by atoms with E-state index in [9.17, 15) is 0 Å². The third-order valence-corrected chi connectivity index (χ3v) is 3.28. The van der Waals surface area contributed by atoms with E-state index in [0.717, 1.165) is 23.7 Å². The minimum Gasteiger partial charge on any atom is -0.485 e. The molecule has 0 radical (unpaired) electrons. The standard InChI is InChI=1S/C14H17Cl2N3O/c1-10(2)7-19-14(17-9-18-19)8-20-13-4-3-12(16)5-11(13)6-15/h3-5,9-10H,6-8H2,1-2H3. The number of hydrogen-bond acceptors (Lipinski definition) is 3. The second-order valence-electron chi connectivity index (χ2n) is 4.93. The fourth-order valence-electron chi connectivity index (χ4n) is 1.83. The Hall–Kier alpha value is -1.26. The number of nitrogens with zero attached hydrogens (tertiary/aromatic N) is 3. The molecule has 0 bridgehead atoms. The molecule has 2 rings (SSSR count). The van der Waals surface area contributed by atoms with Crippen LogP contribution < -0.4 is 4.74 Å². The van der Waals surface area contributed by atoms with Gasteiger partial charge in [-0.05, 0) is 24.1 Å². The topological polar surface area (TPSA) is 39.9 Å². The van der Waals surface area contributed by atoms with E-state index >= 15 is 0 Å². The lowest BCUT2D eigenvalue weighted by atomic mass is 10.2. The molecular formula is C14H17Cl2N3O. The average molecular weight is 314 g/mol. The second-order valence-corrected chi connectivity index (χ2v) is 5.63. The summed E-state index contributed by atoms with van der Waals surface area (Å²) in [6, 6.07) is 5.41. The van der Waals surface area contributed by atoms with Gasteiger partial charge < -0.3 is 4.74 Å². The molecule has 0 fully saturated rings. The van der Waals surface area contributed by atoms with Crippen LogP contribution in [0.4, 0.5) is 0 Å². The van der Waals surface area contributed by atoms with Crippen molar-refractivity contribution in [2.45, 2.75) is 32.9 Å². The van der Waals surface area contributed by atoms with Crippen molar-refractivity contribution in [3.8, 4) is 5.75 Å². The number of halogens is 2. The minimum atomic E-state index is 0.356. The molecule has 0 atom stereocenters. The maximum absolute atomic E-state index is 5.94. The van der Waals surface area contributed by atoms with Crippen LogP contribution in [0.5, 0.6) is 5.75 Å². The summed E-state index contributed by atoms with van der Waals surface area (Å²) in [5.74, 6) is 2.39. The van der Waals surface area contributed by atoms with Crippen LogP contribution in [-0.4, -0.2) is 14.8 Å². The van der Waals surface area contributed by atoms with Gasteiger partial charge in [0.1, 0.15) is 18.7 Å². The maximum Gasteiger partial charge on any atom is 0.164 e. The van der Waals surface area contributed by atoms with E-state index in [4.69, 9.17) is 27.9 Å². The third kappa shape index (κ3) is 3.87. The molecule has 0 unspecified atom stereocenters. The monoisotopic (exact) mass is 313 g/mol. The van der Waals surface area contributed by atoms with E-state index in [0.29, 0.717) is 23.4 Å². The highest BCUT2D eigenvalue weighted by Gasteiger charge is 2.09. The number of ether oxygens (including phenoxy) is 1. The number of aromatic nitrogens is 3. The quantitative estimate of drug-likeness (QED) is 0.759. The Labute approximate surface area is 128 Å². The normalized spacial score (nSPS) is 11.1. The van der Waals surface area contributed by atoms with Gasteiger partial charge in [0.05, 0.1) is 5.88 Å². The molecule has 20 heavy (non-hydrogen) atoms. The Morgan fingerprint density at radius 2 is 2.15 bits per heavy atom. The maximum atomic E-state index is 5.94. The lowest BCUT2D eigenvalue weighted by Gasteiger charge is -2.12. The van der Waals surface area contributed by atoms with Gasteiger partial charge in [0, 0.05) is 17.1 Å². The number of benzene rings is 1. The lowest BCUT2D eigenvalue weighted by molar-refractivity contribution is 0.280. The van der Waals surface area contributed by atoms with Crippen LogP contribution in [0, 0.1) is 5.92 Å². The molecule has 1 aromatic carbocycles. The first-order valence-electron chi connectivity index (χ1n) is 6.44. The van der Waals surface area contributed by atoms with Gasteiger partial charge in [0.15, 0.2) is 5.82 Å². The number of hydrogen-bond donors (Lipinski definition) is 0. The molecule has 6 heteroatoms. The molecule has 0 N–H and O–H groups in total. The summed E-state index contributed by atoms with van der Waals surface area (Å²) in [5, 5.41) is 4.85. The zero-order chi connectivity index (χ0) is 14.5. The van der Waals surface area contributed by atoms with E-state index in [2.05, 4.69) is 23.9 Å². The van der Waals surface area contributed by atoms with Crippen molar-refractivity contribution in [2.24, 2.45) is 5.92 Å². The van der Waals surface area contributed by atoms with Gasteiger partial charge in [-0.15, -0.1) is 11.6 Å². The first-order valence-corrected chi connectivity index (χ1v) is 7.35. The number of rotatable bonds is 6. The highest BCUT2D eigenvalue weighted by Crippen LogP contribution is 2.25. The lowest BCUT2D eigenvalue weighted by Crippen LogP contribution is -2.12. The second kappa shape index (κ2) is 6.95. The fourth-order valence-corrected chi connectivity index (χ4v) is 2.24. The molecule has 0 aliphatic heterocycles. The molecule has 0 aliphatic carbocycles. The van der Waals surface area contributed by atoms with Crippen LogP contribution in [0.3, 0.4) is 0 Å². The van der Waals surface area contributed by atoms with Gasteiger partial charge in [-0.3, -0.25) is 0 Å². The van der Waals surface area contributed by atoms with Gasteiger partial charge in [0.25, 0.3) is 0 Å². The molecule has 4 nitrogen and oxygen atoms in total. The summed E-state index contributed by atoms with van der Waals surface area (Å²) in [7, 11) is 0. The Kier molecular flexibility index (Phi) is 5.26. The smallest absolute Gasteiger partial charge is 0.164 e. The largest absolute Gasteiger partial charge is 0.485 e. The van der Waals surface area contributed by atoms with Crippen molar-refractivity contribution in [1.29, 1.82) is 0 Å². The van der Waals surface area contributed by atoms with E-state index in [-0.39, 0.29) is 0 Å². The Morgan fingerprint density at radius 3 is 2.85 bits per heavy atom. The zero-order valence-corrected chi connectivity index (χ0v) is 13.0. The van der Waals surface area contributed by atoms with Crippen LogP contribution in [-0.2, 0) is 19.0 Å². The summed E-state index contributed by atoms with van der Waals surface area (Å²) >= 11 is 11.8. The van der Waals surface area contributed by atoms with E-state index < -0.39 is 0 Å². The molecule has 108 valence electrons. The van der Waals surface area contributed by atoms with Crippen LogP contribution in [0.2, 0.25) is 5.02 Å². The predicted octanol–water partition coefficient (Wildman–Crippen LogP) is 3.91. The molecule has 2 aromatic rings. The molecule has 1 aromatic heterocycles. The van der Waals surface area contributed by atoms with Crippen LogP contribution in [0.1, 0.15) is 25.2 Å². The first kappa shape index (κ1) is 15.1. The fraction of sp³-hybridized carbons (Fsp3) is 0.429. The zero-order valence-electron chi connectivity index (χ0n) is 11.5. The van der Waals surface area contributed by atoms with Crippen molar-refractivity contribution in [1.82, 2.24) is 14.8 Å². The van der Waals surface area contributed by atoms with Gasteiger partial charge in [-0.2, -0.15) is 5.10 Å². The molecule has 0 saturated carbocycles. The summed E-state index contributed by atoms with van der Waals surface area (Å²) in [4.78, 5) is 4.23. The highest BCUT2D eigenvalue weighted by atomic mass is 35.5. The summed E-state index contributed by atoms with van der Waals surface area (Å²) in [6.07, 6.45) is 1.55. The van der Waals surface area contributed by atoms with E-state index in [1.165, 1.54) is 0 Å². The van der Waals surface area contributed by atoms with Crippen molar-refractivity contribution in [3.63, 3.8) is 0 Å². The SMILES string of the molecule is CC(C)Cn1ncnc1COc1ccc(Cl)cc1CCl. The number of alkyl halides is 1. The third-order valence-electron chi connectivity index (χ3n) is 2.76. The van der Waals surface area contributed by atoms with Crippen LogP contribution in [0.15, 0.2) is 24.5 Å². The highest BCUT2D eigenvalue weighted by molar-refractivity contribution is 6.30. The Morgan fingerprint density at radius 1 is 1.35 bits per heavy atom. The Bertz CT molecular complexity index is 569. The van der Waals surface area contributed by atoms with Crippen molar-refractivity contribution < 1.29 is 4.74 Å². The molecule has 0 saturated heterocycles. The Balaban J connectivity index is 2.07. The molecule has 0 amide bonds. The molecule has 0 spiro atoms. The molecule has 0 aliphatic rings. The van der Waals surface area contributed by atoms with E-state index in [1.54, 1.807) is 12.4 Å². The van der Waals surface area contributed by atoms with Crippen LogP contribution >= 0.6 is 23.2 Å².